The number of aromatic nitrogens is 1. The Morgan fingerprint density at radius 3 is 2.76 bits per heavy atom. The van der Waals surface area contributed by atoms with Crippen LogP contribution in [0.25, 0.3) is 10.2 Å². The summed E-state index contributed by atoms with van der Waals surface area (Å²) in [7, 11) is 2.16. The van der Waals surface area contributed by atoms with E-state index in [1.807, 2.05) is 18.2 Å². The number of nitrogens with two attached hydrogens (primary N) is 1. The van der Waals surface area contributed by atoms with E-state index in [0.717, 1.165) is 42.5 Å². The molecule has 90 valence electrons. The van der Waals surface area contributed by atoms with Gasteiger partial charge in [0.15, 0.2) is 5.13 Å². The molecule has 17 heavy (non-hydrogen) atoms. The van der Waals surface area contributed by atoms with Crippen molar-refractivity contribution in [1.29, 1.82) is 0 Å². The third-order valence-corrected chi connectivity index (χ3v) is 4.25. The summed E-state index contributed by atoms with van der Waals surface area (Å²) < 4.78 is 1.18. The Hall–Kier alpha value is -1.33. The molecule has 0 saturated carbocycles. The Morgan fingerprint density at radius 2 is 2.00 bits per heavy atom. The second kappa shape index (κ2) is 4.16. The number of piperazine rings is 1. The molecular weight excluding hydrogens is 232 g/mol. The van der Waals surface area contributed by atoms with Crippen LogP contribution in [0, 0.1) is 0 Å². The Balaban J connectivity index is 1.90. The first-order chi connectivity index (χ1) is 8.22. The van der Waals surface area contributed by atoms with Gasteiger partial charge in [-0.05, 0) is 25.2 Å². The van der Waals surface area contributed by atoms with Gasteiger partial charge in [0.1, 0.15) is 0 Å². The summed E-state index contributed by atoms with van der Waals surface area (Å²) in [6.07, 6.45) is 0. The van der Waals surface area contributed by atoms with Crippen molar-refractivity contribution in [2.45, 2.75) is 0 Å². The molecule has 0 atom stereocenters. The first-order valence-electron chi connectivity index (χ1n) is 5.82. The largest absolute Gasteiger partial charge is 0.399 e. The molecule has 2 aromatic rings. The summed E-state index contributed by atoms with van der Waals surface area (Å²) in [5.74, 6) is 0. The lowest BCUT2D eigenvalue weighted by Crippen LogP contribution is -2.44. The fourth-order valence-electron chi connectivity index (χ4n) is 2.06. The van der Waals surface area contributed by atoms with E-state index in [-0.39, 0.29) is 0 Å². The van der Waals surface area contributed by atoms with Gasteiger partial charge >= 0.3 is 0 Å². The van der Waals surface area contributed by atoms with Crippen molar-refractivity contribution >= 4 is 32.4 Å². The Bertz CT molecular complexity index is 528. The standard InChI is InChI=1S/C12H16N4S/c1-15-4-6-16(7-5-15)12-14-10-3-2-9(13)8-11(10)17-12/h2-3,8H,4-7,13H2,1H3. The molecule has 1 saturated heterocycles. The van der Waals surface area contributed by atoms with Gasteiger partial charge in [0.05, 0.1) is 10.2 Å². The number of nitrogens with zero attached hydrogens (tertiary/aromatic N) is 3. The lowest BCUT2D eigenvalue weighted by atomic mass is 10.3. The molecule has 1 aliphatic heterocycles. The smallest absolute Gasteiger partial charge is 0.186 e. The summed E-state index contributed by atoms with van der Waals surface area (Å²) in [5.41, 5.74) is 7.65. The monoisotopic (exact) mass is 248 g/mol. The summed E-state index contributed by atoms with van der Waals surface area (Å²) >= 11 is 1.74. The fourth-order valence-corrected chi connectivity index (χ4v) is 3.13. The zero-order valence-electron chi connectivity index (χ0n) is 9.89. The van der Waals surface area contributed by atoms with Gasteiger partial charge in [-0.25, -0.2) is 4.98 Å². The molecule has 0 amide bonds. The molecule has 3 rings (SSSR count). The van der Waals surface area contributed by atoms with Gasteiger partial charge in [-0.1, -0.05) is 11.3 Å². The van der Waals surface area contributed by atoms with Crippen LogP contribution in [0.3, 0.4) is 0 Å². The topological polar surface area (TPSA) is 45.4 Å². The zero-order valence-corrected chi connectivity index (χ0v) is 10.7. The van der Waals surface area contributed by atoms with Crippen molar-refractivity contribution in [3.05, 3.63) is 18.2 Å². The Morgan fingerprint density at radius 1 is 1.24 bits per heavy atom. The quantitative estimate of drug-likeness (QED) is 0.779. The average Bonchev–Trinajstić information content (AvgIpc) is 2.72. The van der Waals surface area contributed by atoms with Gasteiger partial charge in [-0.15, -0.1) is 0 Å². The van der Waals surface area contributed by atoms with Crippen LogP contribution in [-0.4, -0.2) is 43.1 Å². The number of likely N-dealkylation sites (N-methyl/N-ethyl adjacent to an activating group) is 1. The maximum Gasteiger partial charge on any atom is 0.186 e. The van der Waals surface area contributed by atoms with E-state index < -0.39 is 0 Å². The lowest BCUT2D eigenvalue weighted by Gasteiger charge is -2.31. The highest BCUT2D eigenvalue weighted by atomic mass is 32.1. The molecule has 1 fully saturated rings. The molecule has 1 aromatic heterocycles. The first kappa shape index (κ1) is 10.8. The number of rotatable bonds is 1. The zero-order chi connectivity index (χ0) is 11.8. The van der Waals surface area contributed by atoms with Crippen LogP contribution >= 0.6 is 11.3 Å². The van der Waals surface area contributed by atoms with Gasteiger partial charge in [0.2, 0.25) is 0 Å². The van der Waals surface area contributed by atoms with Crippen LogP contribution in [0.15, 0.2) is 18.2 Å². The van der Waals surface area contributed by atoms with E-state index in [2.05, 4.69) is 21.8 Å². The minimum atomic E-state index is 0.811. The van der Waals surface area contributed by atoms with Crippen LogP contribution in [0.5, 0.6) is 0 Å². The van der Waals surface area contributed by atoms with Crippen molar-refractivity contribution < 1.29 is 0 Å². The molecule has 2 N–H and O–H groups in total. The van der Waals surface area contributed by atoms with E-state index in [1.165, 1.54) is 4.70 Å². The van der Waals surface area contributed by atoms with Crippen LogP contribution in [0.1, 0.15) is 0 Å². The number of anilines is 2. The van der Waals surface area contributed by atoms with E-state index in [4.69, 9.17) is 5.73 Å². The SMILES string of the molecule is CN1CCN(c2nc3ccc(N)cc3s2)CC1. The van der Waals surface area contributed by atoms with E-state index in [9.17, 15) is 0 Å². The summed E-state index contributed by atoms with van der Waals surface area (Å²) in [5, 5.41) is 1.12. The molecule has 0 unspecified atom stereocenters. The second-order valence-electron chi connectivity index (χ2n) is 4.51. The number of benzene rings is 1. The molecule has 1 aliphatic rings. The lowest BCUT2D eigenvalue weighted by molar-refractivity contribution is 0.313. The molecule has 4 nitrogen and oxygen atoms in total. The minimum absolute atomic E-state index is 0.811. The average molecular weight is 248 g/mol. The molecule has 5 heteroatoms. The van der Waals surface area contributed by atoms with Crippen molar-refractivity contribution in [3.63, 3.8) is 0 Å². The van der Waals surface area contributed by atoms with Gasteiger partial charge < -0.3 is 15.5 Å². The van der Waals surface area contributed by atoms with Gasteiger partial charge in [-0.2, -0.15) is 0 Å². The molecule has 0 spiro atoms. The minimum Gasteiger partial charge on any atom is -0.399 e. The normalized spacial score (nSPS) is 17.8. The highest BCUT2D eigenvalue weighted by Gasteiger charge is 2.17. The number of thiazole rings is 1. The van der Waals surface area contributed by atoms with E-state index >= 15 is 0 Å². The van der Waals surface area contributed by atoms with Gasteiger partial charge in [0, 0.05) is 31.9 Å². The number of nitrogen functional groups attached to an aromatic ring is 1. The summed E-state index contributed by atoms with van der Waals surface area (Å²) in [6, 6.07) is 5.92. The Kier molecular flexibility index (Phi) is 2.64. The van der Waals surface area contributed by atoms with Crippen LogP contribution in [0.4, 0.5) is 10.8 Å². The van der Waals surface area contributed by atoms with Gasteiger partial charge in [0.25, 0.3) is 0 Å². The number of fused-ring (bicyclic) bond motifs is 1. The Labute approximate surface area is 105 Å². The van der Waals surface area contributed by atoms with Crippen molar-refractivity contribution in [1.82, 2.24) is 9.88 Å². The predicted molar refractivity (Wildman–Crippen MR) is 73.7 cm³/mol. The second-order valence-corrected chi connectivity index (χ2v) is 5.52. The molecule has 0 radical (unpaired) electrons. The van der Waals surface area contributed by atoms with Crippen LogP contribution in [-0.2, 0) is 0 Å². The maximum absolute atomic E-state index is 5.79. The van der Waals surface area contributed by atoms with Crippen molar-refractivity contribution in [3.8, 4) is 0 Å². The van der Waals surface area contributed by atoms with Crippen molar-refractivity contribution in [2.24, 2.45) is 0 Å². The van der Waals surface area contributed by atoms with Gasteiger partial charge in [-0.3, -0.25) is 0 Å². The molecule has 0 aliphatic carbocycles. The predicted octanol–water partition coefficient (Wildman–Crippen LogP) is 1.63. The highest BCUT2D eigenvalue weighted by Crippen LogP contribution is 2.30. The third-order valence-electron chi connectivity index (χ3n) is 3.18. The van der Waals surface area contributed by atoms with Crippen molar-refractivity contribution in [2.75, 3.05) is 43.9 Å². The first-order valence-corrected chi connectivity index (χ1v) is 6.63. The van der Waals surface area contributed by atoms with E-state index in [1.54, 1.807) is 11.3 Å². The van der Waals surface area contributed by atoms with Crippen LogP contribution in [0.2, 0.25) is 0 Å². The van der Waals surface area contributed by atoms with Crippen LogP contribution < -0.4 is 10.6 Å². The number of hydrogen-bond donors (Lipinski definition) is 1. The molecule has 1 aromatic carbocycles. The maximum atomic E-state index is 5.79. The molecular formula is C12H16N4S. The number of hydrogen-bond acceptors (Lipinski definition) is 5. The highest BCUT2D eigenvalue weighted by molar-refractivity contribution is 7.22. The third kappa shape index (κ3) is 2.08. The molecule has 2 heterocycles. The summed E-state index contributed by atoms with van der Waals surface area (Å²) in [4.78, 5) is 9.38. The summed E-state index contributed by atoms with van der Waals surface area (Å²) in [6.45, 7) is 4.34. The van der Waals surface area contributed by atoms with E-state index in [0.29, 0.717) is 0 Å². The molecule has 0 bridgehead atoms. The fraction of sp³-hybridized carbons (Fsp3) is 0.417.